The van der Waals surface area contributed by atoms with Gasteiger partial charge in [0.25, 0.3) is 0 Å². The maximum Gasteiger partial charge on any atom is 0.321 e. The van der Waals surface area contributed by atoms with Crippen molar-refractivity contribution < 1.29 is 9.59 Å². The zero-order chi connectivity index (χ0) is 13.7. The minimum atomic E-state index is -0.385. The van der Waals surface area contributed by atoms with Crippen LogP contribution in [0.3, 0.4) is 0 Å². The molecule has 3 amide bonds. The van der Waals surface area contributed by atoms with Gasteiger partial charge in [0, 0.05) is 12.6 Å². The quantitative estimate of drug-likeness (QED) is 0.814. The SMILES string of the molecule is CCNC(=O)NC(=O)CN1CCC[C@@H]2CCCC[C@@H]21. The van der Waals surface area contributed by atoms with E-state index in [2.05, 4.69) is 15.5 Å². The van der Waals surface area contributed by atoms with Gasteiger partial charge in [0.15, 0.2) is 0 Å². The molecule has 0 radical (unpaired) electrons. The lowest BCUT2D eigenvalue weighted by Gasteiger charge is -2.43. The Bertz CT molecular complexity index is 331. The third-order valence-electron chi connectivity index (χ3n) is 4.30. The third kappa shape index (κ3) is 3.93. The molecule has 1 saturated heterocycles. The van der Waals surface area contributed by atoms with E-state index >= 15 is 0 Å². The van der Waals surface area contributed by atoms with Crippen LogP contribution in [0.15, 0.2) is 0 Å². The van der Waals surface area contributed by atoms with Crippen LogP contribution in [0.4, 0.5) is 4.79 Å². The van der Waals surface area contributed by atoms with E-state index in [1.165, 1.54) is 38.5 Å². The molecule has 2 aliphatic rings. The largest absolute Gasteiger partial charge is 0.338 e. The van der Waals surface area contributed by atoms with Crippen LogP contribution in [-0.2, 0) is 4.79 Å². The van der Waals surface area contributed by atoms with Gasteiger partial charge in [-0.1, -0.05) is 12.8 Å². The van der Waals surface area contributed by atoms with Crippen molar-refractivity contribution in [3.8, 4) is 0 Å². The van der Waals surface area contributed by atoms with Crippen LogP contribution in [0, 0.1) is 5.92 Å². The molecule has 2 rings (SSSR count). The van der Waals surface area contributed by atoms with Gasteiger partial charge in [-0.2, -0.15) is 0 Å². The van der Waals surface area contributed by atoms with E-state index < -0.39 is 0 Å². The summed E-state index contributed by atoms with van der Waals surface area (Å²) in [4.78, 5) is 25.5. The highest BCUT2D eigenvalue weighted by atomic mass is 16.2. The highest BCUT2D eigenvalue weighted by molar-refractivity contribution is 5.95. The molecule has 1 saturated carbocycles. The van der Waals surface area contributed by atoms with Crippen molar-refractivity contribution in [1.82, 2.24) is 15.5 Å². The Kier molecular flexibility index (Phi) is 5.19. The molecule has 0 aromatic rings. The van der Waals surface area contributed by atoms with Crippen molar-refractivity contribution in [1.29, 1.82) is 0 Å². The second kappa shape index (κ2) is 6.89. The number of imide groups is 1. The predicted octanol–water partition coefficient (Wildman–Crippen LogP) is 1.49. The Hall–Kier alpha value is -1.10. The highest BCUT2D eigenvalue weighted by Crippen LogP contribution is 2.34. The van der Waals surface area contributed by atoms with Gasteiger partial charge < -0.3 is 5.32 Å². The average molecular weight is 267 g/mol. The normalized spacial score (nSPS) is 27.4. The van der Waals surface area contributed by atoms with Gasteiger partial charge in [0.2, 0.25) is 5.91 Å². The van der Waals surface area contributed by atoms with Crippen LogP contribution in [0.5, 0.6) is 0 Å². The molecule has 0 bridgehead atoms. The topological polar surface area (TPSA) is 61.4 Å². The highest BCUT2D eigenvalue weighted by Gasteiger charge is 2.33. The van der Waals surface area contributed by atoms with E-state index in [-0.39, 0.29) is 11.9 Å². The Morgan fingerprint density at radius 2 is 1.89 bits per heavy atom. The van der Waals surface area contributed by atoms with Gasteiger partial charge in [-0.15, -0.1) is 0 Å². The van der Waals surface area contributed by atoms with Gasteiger partial charge in [0.05, 0.1) is 6.54 Å². The van der Waals surface area contributed by atoms with Gasteiger partial charge in [0.1, 0.15) is 0 Å². The molecule has 1 aliphatic carbocycles. The van der Waals surface area contributed by atoms with E-state index in [0.717, 1.165) is 12.5 Å². The summed E-state index contributed by atoms with van der Waals surface area (Å²) < 4.78 is 0. The van der Waals surface area contributed by atoms with Crippen LogP contribution in [0.25, 0.3) is 0 Å². The smallest absolute Gasteiger partial charge is 0.321 e. The summed E-state index contributed by atoms with van der Waals surface area (Å²) >= 11 is 0. The Balaban J connectivity index is 1.83. The number of carbonyl (C=O) groups excluding carboxylic acids is 2. The second-order valence-electron chi connectivity index (χ2n) is 5.63. The standard InChI is InChI=1S/C14H25N3O2/c1-2-15-14(19)16-13(18)10-17-9-5-7-11-6-3-4-8-12(11)17/h11-12H,2-10H2,1H3,(H2,15,16,18,19)/t11-,12-/m0/s1. The van der Waals surface area contributed by atoms with Crippen molar-refractivity contribution in [2.24, 2.45) is 5.92 Å². The molecule has 0 spiro atoms. The van der Waals surface area contributed by atoms with Crippen LogP contribution in [0.2, 0.25) is 0 Å². The van der Waals surface area contributed by atoms with Crippen LogP contribution >= 0.6 is 0 Å². The summed E-state index contributed by atoms with van der Waals surface area (Å²) in [6, 6.07) is 0.173. The molecule has 108 valence electrons. The molecule has 2 fully saturated rings. The van der Waals surface area contributed by atoms with Gasteiger partial charge in [-0.3, -0.25) is 15.0 Å². The van der Waals surface area contributed by atoms with Gasteiger partial charge in [-0.25, -0.2) is 4.79 Å². The van der Waals surface area contributed by atoms with Crippen molar-refractivity contribution in [3.63, 3.8) is 0 Å². The van der Waals surface area contributed by atoms with Gasteiger partial charge in [-0.05, 0) is 45.1 Å². The number of carbonyl (C=O) groups is 2. The first-order chi connectivity index (χ1) is 9.20. The monoisotopic (exact) mass is 267 g/mol. The summed E-state index contributed by atoms with van der Waals surface area (Å²) in [6.45, 7) is 3.72. The fourth-order valence-electron chi connectivity index (χ4n) is 3.48. The number of fused-ring (bicyclic) bond motifs is 1. The summed E-state index contributed by atoms with van der Waals surface area (Å²) in [7, 11) is 0. The maximum absolute atomic E-state index is 11.9. The number of amides is 3. The zero-order valence-electron chi connectivity index (χ0n) is 11.8. The number of rotatable bonds is 3. The van der Waals surface area contributed by atoms with Gasteiger partial charge >= 0.3 is 6.03 Å². The number of urea groups is 1. The number of nitrogens with zero attached hydrogens (tertiary/aromatic N) is 1. The molecule has 5 heteroatoms. The molecule has 2 atom stereocenters. The number of hydrogen-bond donors (Lipinski definition) is 2. The molecular formula is C14H25N3O2. The van der Waals surface area contributed by atoms with E-state index in [4.69, 9.17) is 0 Å². The van der Waals surface area contributed by atoms with Crippen molar-refractivity contribution in [2.75, 3.05) is 19.6 Å². The first-order valence-electron chi connectivity index (χ1n) is 7.52. The lowest BCUT2D eigenvalue weighted by molar-refractivity contribution is -0.122. The second-order valence-corrected chi connectivity index (χ2v) is 5.63. The molecule has 1 heterocycles. The van der Waals surface area contributed by atoms with Crippen LogP contribution in [0.1, 0.15) is 45.4 Å². The Labute approximate surface area is 115 Å². The first-order valence-corrected chi connectivity index (χ1v) is 7.52. The Morgan fingerprint density at radius 3 is 2.68 bits per heavy atom. The first kappa shape index (κ1) is 14.3. The number of hydrogen-bond acceptors (Lipinski definition) is 3. The average Bonchev–Trinajstić information content (AvgIpc) is 2.39. The summed E-state index contributed by atoms with van der Waals surface area (Å²) in [5.41, 5.74) is 0. The molecule has 0 aromatic heterocycles. The lowest BCUT2D eigenvalue weighted by Crippen LogP contribution is -2.52. The molecule has 1 aliphatic heterocycles. The van der Waals surface area contributed by atoms with E-state index in [1.807, 2.05) is 6.92 Å². The lowest BCUT2D eigenvalue weighted by atomic mass is 9.78. The molecule has 2 N–H and O–H groups in total. The predicted molar refractivity (Wildman–Crippen MR) is 73.8 cm³/mol. The summed E-state index contributed by atoms with van der Waals surface area (Å²) in [6.07, 6.45) is 7.60. The number of likely N-dealkylation sites (tertiary alicyclic amines) is 1. The minimum Gasteiger partial charge on any atom is -0.338 e. The number of piperidine rings is 1. The van der Waals surface area contributed by atoms with Crippen molar-refractivity contribution >= 4 is 11.9 Å². The van der Waals surface area contributed by atoms with Crippen LogP contribution < -0.4 is 10.6 Å². The maximum atomic E-state index is 11.9. The van der Waals surface area contributed by atoms with Crippen LogP contribution in [-0.4, -0.2) is 42.5 Å². The van der Waals surface area contributed by atoms with E-state index in [1.54, 1.807) is 0 Å². The zero-order valence-corrected chi connectivity index (χ0v) is 11.8. The summed E-state index contributed by atoms with van der Waals surface area (Å²) in [5, 5.41) is 4.97. The van der Waals surface area contributed by atoms with E-state index in [0.29, 0.717) is 19.1 Å². The fraction of sp³-hybridized carbons (Fsp3) is 0.857. The van der Waals surface area contributed by atoms with E-state index in [9.17, 15) is 9.59 Å². The van der Waals surface area contributed by atoms with Crippen molar-refractivity contribution in [3.05, 3.63) is 0 Å². The molecule has 5 nitrogen and oxygen atoms in total. The summed E-state index contributed by atoms with van der Waals surface area (Å²) in [5.74, 6) is 0.581. The molecule has 0 aromatic carbocycles. The molecule has 19 heavy (non-hydrogen) atoms. The minimum absolute atomic E-state index is 0.183. The number of nitrogens with one attached hydrogen (secondary N) is 2. The Morgan fingerprint density at radius 1 is 1.16 bits per heavy atom. The third-order valence-corrected chi connectivity index (χ3v) is 4.30. The molecular weight excluding hydrogens is 242 g/mol. The fourth-order valence-corrected chi connectivity index (χ4v) is 3.48. The molecule has 0 unspecified atom stereocenters. The van der Waals surface area contributed by atoms with Crippen molar-refractivity contribution in [2.45, 2.75) is 51.5 Å².